The summed E-state index contributed by atoms with van der Waals surface area (Å²) in [6.07, 6.45) is -2.28. The third kappa shape index (κ3) is 3.89. The average Bonchev–Trinajstić information content (AvgIpc) is 3.00. The Bertz CT molecular complexity index is 997. The number of aromatic nitrogens is 3. The van der Waals surface area contributed by atoms with E-state index in [9.17, 15) is 22.8 Å². The molecule has 3 rings (SSSR count). The topological polar surface area (TPSA) is 86.1 Å². The Balaban J connectivity index is 1.79. The minimum atomic E-state index is -4.66. The highest BCUT2D eigenvalue weighted by atomic mass is 19.4. The predicted octanol–water partition coefficient (Wildman–Crippen LogP) is 2.88. The largest absolute Gasteiger partial charge is 0.465 e. The number of methoxy groups -OCH3 is 1. The number of benzene rings is 1. The van der Waals surface area contributed by atoms with E-state index >= 15 is 0 Å². The zero-order valence-corrected chi connectivity index (χ0v) is 13.9. The molecule has 0 spiro atoms. The molecule has 1 N–H and O–H groups in total. The summed E-state index contributed by atoms with van der Waals surface area (Å²) < 4.78 is 44.9. The second-order valence-corrected chi connectivity index (χ2v) is 5.51. The summed E-state index contributed by atoms with van der Waals surface area (Å²) in [5.41, 5.74) is -0.271. The normalized spacial score (nSPS) is 11.4. The number of rotatable bonds is 4. The van der Waals surface area contributed by atoms with Crippen LogP contribution >= 0.6 is 0 Å². The van der Waals surface area contributed by atoms with E-state index in [4.69, 9.17) is 0 Å². The third-order valence-corrected chi connectivity index (χ3v) is 3.70. The van der Waals surface area contributed by atoms with Crippen LogP contribution in [-0.2, 0) is 22.3 Å². The highest BCUT2D eigenvalue weighted by Crippen LogP contribution is 2.33. The van der Waals surface area contributed by atoms with Gasteiger partial charge in [0.25, 0.3) is 0 Å². The lowest BCUT2D eigenvalue weighted by atomic mass is 10.2. The van der Waals surface area contributed by atoms with Gasteiger partial charge in [-0.1, -0.05) is 0 Å². The molecule has 0 fully saturated rings. The number of carbonyl (C=O) groups excluding carboxylic acids is 2. The third-order valence-electron chi connectivity index (χ3n) is 3.70. The van der Waals surface area contributed by atoms with Crippen molar-refractivity contribution >= 4 is 28.5 Å². The van der Waals surface area contributed by atoms with E-state index in [-0.39, 0.29) is 10.9 Å². The average molecular weight is 378 g/mol. The smallest absolute Gasteiger partial charge is 0.435 e. The molecule has 10 heteroatoms. The minimum Gasteiger partial charge on any atom is -0.465 e. The summed E-state index contributed by atoms with van der Waals surface area (Å²) >= 11 is 0. The van der Waals surface area contributed by atoms with Gasteiger partial charge in [-0.3, -0.25) is 14.5 Å². The molecule has 140 valence electrons. The summed E-state index contributed by atoms with van der Waals surface area (Å²) in [5.74, 6) is -1.10. The zero-order valence-electron chi connectivity index (χ0n) is 13.9. The molecule has 0 saturated carbocycles. The number of amides is 1. The van der Waals surface area contributed by atoms with Gasteiger partial charge in [0.1, 0.15) is 6.54 Å². The lowest BCUT2D eigenvalue weighted by Gasteiger charge is -2.07. The predicted molar refractivity (Wildman–Crippen MR) is 88.9 cm³/mol. The number of fused-ring (bicyclic) bond motifs is 1. The summed E-state index contributed by atoms with van der Waals surface area (Å²) in [5, 5.41) is 5.88. The van der Waals surface area contributed by atoms with E-state index in [1.165, 1.54) is 43.6 Å². The molecule has 0 aliphatic rings. The van der Waals surface area contributed by atoms with Gasteiger partial charge in [-0.2, -0.15) is 18.3 Å². The van der Waals surface area contributed by atoms with Crippen molar-refractivity contribution in [2.45, 2.75) is 12.7 Å². The fraction of sp³-hybridized carbons (Fsp3) is 0.176. The number of ether oxygens (including phenoxy) is 1. The molecule has 0 aliphatic heterocycles. The number of hydrogen-bond acceptors (Lipinski definition) is 5. The van der Waals surface area contributed by atoms with E-state index in [1.54, 1.807) is 0 Å². The fourth-order valence-corrected chi connectivity index (χ4v) is 2.50. The maximum atomic E-state index is 13.1. The Hall–Kier alpha value is -3.43. The highest BCUT2D eigenvalue weighted by molar-refractivity contribution is 5.93. The molecule has 3 aromatic rings. The van der Waals surface area contributed by atoms with Crippen molar-refractivity contribution < 1.29 is 27.5 Å². The molecule has 0 saturated heterocycles. The van der Waals surface area contributed by atoms with E-state index in [0.29, 0.717) is 11.3 Å². The Morgan fingerprint density at radius 1 is 1.19 bits per heavy atom. The number of carbonyl (C=O) groups is 2. The number of anilines is 1. The lowest BCUT2D eigenvalue weighted by Crippen LogP contribution is -2.20. The molecule has 0 radical (unpaired) electrons. The van der Waals surface area contributed by atoms with Crippen molar-refractivity contribution in [1.82, 2.24) is 14.8 Å². The Labute approximate surface area is 150 Å². The van der Waals surface area contributed by atoms with Gasteiger partial charge in [0, 0.05) is 18.1 Å². The van der Waals surface area contributed by atoms with Crippen LogP contribution < -0.4 is 5.32 Å². The Kier molecular flexibility index (Phi) is 4.80. The van der Waals surface area contributed by atoms with Crippen LogP contribution in [0.4, 0.5) is 18.9 Å². The van der Waals surface area contributed by atoms with Crippen LogP contribution in [0.1, 0.15) is 16.1 Å². The van der Waals surface area contributed by atoms with Gasteiger partial charge in [-0.05, 0) is 30.3 Å². The fourth-order valence-electron chi connectivity index (χ4n) is 2.50. The van der Waals surface area contributed by atoms with Gasteiger partial charge in [0.15, 0.2) is 5.69 Å². The molecular weight excluding hydrogens is 365 g/mol. The summed E-state index contributed by atoms with van der Waals surface area (Å²) in [6, 6.07) is 7.24. The standard InChI is InChI=1S/C17H13F3N4O3/c1-27-16(26)10-2-4-11(5-3-10)22-14(25)9-24-13-6-7-21-8-12(13)15(23-24)17(18,19)20/h2-8H,9H2,1H3,(H,22,25). The number of alkyl halides is 3. The van der Waals surface area contributed by atoms with Crippen LogP contribution in [0.15, 0.2) is 42.7 Å². The van der Waals surface area contributed by atoms with Gasteiger partial charge in [-0.25, -0.2) is 4.79 Å². The molecule has 27 heavy (non-hydrogen) atoms. The number of hydrogen-bond donors (Lipinski definition) is 1. The van der Waals surface area contributed by atoms with Gasteiger partial charge in [0.05, 0.1) is 23.6 Å². The van der Waals surface area contributed by atoms with Crippen molar-refractivity contribution in [1.29, 1.82) is 0 Å². The first-order valence-electron chi connectivity index (χ1n) is 7.65. The minimum absolute atomic E-state index is 0.147. The van der Waals surface area contributed by atoms with Crippen LogP contribution in [0, 0.1) is 0 Å². The zero-order chi connectivity index (χ0) is 19.6. The number of nitrogens with zero attached hydrogens (tertiary/aromatic N) is 3. The van der Waals surface area contributed by atoms with Gasteiger partial charge in [-0.15, -0.1) is 0 Å². The van der Waals surface area contributed by atoms with E-state index in [2.05, 4.69) is 20.1 Å². The van der Waals surface area contributed by atoms with Crippen molar-refractivity contribution in [3.63, 3.8) is 0 Å². The highest BCUT2D eigenvalue weighted by Gasteiger charge is 2.37. The van der Waals surface area contributed by atoms with Crippen LogP contribution in [0.3, 0.4) is 0 Å². The monoisotopic (exact) mass is 378 g/mol. The number of halogens is 3. The summed E-state index contributed by atoms with van der Waals surface area (Å²) in [7, 11) is 1.25. The van der Waals surface area contributed by atoms with Crippen LogP contribution in [0.5, 0.6) is 0 Å². The quantitative estimate of drug-likeness (QED) is 0.706. The first kappa shape index (κ1) is 18.4. The van der Waals surface area contributed by atoms with Crippen molar-refractivity contribution in [2.24, 2.45) is 0 Å². The van der Waals surface area contributed by atoms with E-state index in [0.717, 1.165) is 10.9 Å². The van der Waals surface area contributed by atoms with Crippen molar-refractivity contribution in [3.05, 3.63) is 54.0 Å². The molecule has 2 heterocycles. The molecule has 0 unspecified atom stereocenters. The Morgan fingerprint density at radius 2 is 1.89 bits per heavy atom. The van der Waals surface area contributed by atoms with E-state index in [1.807, 2.05) is 0 Å². The van der Waals surface area contributed by atoms with Crippen molar-refractivity contribution in [2.75, 3.05) is 12.4 Å². The Morgan fingerprint density at radius 3 is 2.52 bits per heavy atom. The van der Waals surface area contributed by atoms with Gasteiger partial charge < -0.3 is 10.1 Å². The van der Waals surface area contributed by atoms with Crippen LogP contribution in [-0.4, -0.2) is 33.8 Å². The molecular formula is C17H13F3N4O3. The molecule has 1 amide bonds. The van der Waals surface area contributed by atoms with Crippen LogP contribution in [0.25, 0.3) is 10.9 Å². The molecule has 1 aromatic carbocycles. The maximum absolute atomic E-state index is 13.1. The van der Waals surface area contributed by atoms with Crippen LogP contribution in [0.2, 0.25) is 0 Å². The number of esters is 1. The number of nitrogens with one attached hydrogen (secondary N) is 1. The lowest BCUT2D eigenvalue weighted by molar-refractivity contribution is -0.140. The second-order valence-electron chi connectivity index (χ2n) is 5.51. The van der Waals surface area contributed by atoms with Crippen molar-refractivity contribution in [3.8, 4) is 0 Å². The molecule has 0 bridgehead atoms. The molecule has 0 aliphatic carbocycles. The molecule has 7 nitrogen and oxygen atoms in total. The van der Waals surface area contributed by atoms with Gasteiger partial charge >= 0.3 is 12.1 Å². The SMILES string of the molecule is COC(=O)c1ccc(NC(=O)Cn2nc(C(F)(F)F)c3cnccc32)cc1. The van der Waals surface area contributed by atoms with E-state index < -0.39 is 30.3 Å². The molecule has 0 atom stereocenters. The number of pyridine rings is 1. The van der Waals surface area contributed by atoms with Gasteiger partial charge in [0.2, 0.25) is 5.91 Å². The summed E-state index contributed by atoms with van der Waals surface area (Å²) in [6.45, 7) is -0.421. The maximum Gasteiger partial charge on any atom is 0.435 e. The summed E-state index contributed by atoms with van der Waals surface area (Å²) in [4.78, 5) is 27.3. The second kappa shape index (κ2) is 7.06. The molecule has 2 aromatic heterocycles. The first-order chi connectivity index (χ1) is 12.8. The first-order valence-corrected chi connectivity index (χ1v) is 7.65.